The topological polar surface area (TPSA) is 60.3 Å². The summed E-state index contributed by atoms with van der Waals surface area (Å²) in [6.45, 7) is 4.28. The lowest BCUT2D eigenvalue weighted by Crippen LogP contribution is -2.29. The lowest BCUT2D eigenvalue weighted by molar-refractivity contribution is 0.376. The van der Waals surface area contributed by atoms with Crippen LogP contribution in [0.1, 0.15) is 18.4 Å². The van der Waals surface area contributed by atoms with Crippen molar-refractivity contribution in [3.05, 3.63) is 84.1 Å². The fourth-order valence-corrected chi connectivity index (χ4v) is 4.14. The van der Waals surface area contributed by atoms with Gasteiger partial charge in [-0.3, -0.25) is 4.99 Å². The van der Waals surface area contributed by atoms with Crippen LogP contribution in [0, 0.1) is 5.92 Å². The second-order valence-corrected chi connectivity index (χ2v) is 9.68. The van der Waals surface area contributed by atoms with Crippen molar-refractivity contribution < 1.29 is 4.21 Å². The van der Waals surface area contributed by atoms with E-state index in [9.17, 15) is 4.21 Å². The van der Waals surface area contributed by atoms with Crippen LogP contribution in [0.3, 0.4) is 0 Å². The lowest BCUT2D eigenvalue weighted by Gasteiger charge is -2.27. The largest absolute Gasteiger partial charge is 0.340 e. The Morgan fingerprint density at radius 2 is 1.88 bits per heavy atom. The predicted octanol–water partition coefficient (Wildman–Crippen LogP) is 3.73. The molecular formula is C24H26BN5OS. The Balaban J connectivity index is 1.63. The standard InChI is InChI=1S/C24H26BN5OS/c1-17(25)24(19-9-10-19)28-30-16-26-22(18-7-5-4-6-8-18)15-23(30)27-20-11-13-21(14-12-20)32(31)29(2)3/h4-8,11-15,19,27H,1,9-10,16H2,2-3H3/b28-24+. The van der Waals surface area contributed by atoms with Gasteiger partial charge in [0.15, 0.2) is 0 Å². The minimum absolute atomic E-state index is 0.369. The van der Waals surface area contributed by atoms with Crippen LogP contribution in [0.2, 0.25) is 0 Å². The van der Waals surface area contributed by atoms with E-state index in [4.69, 9.17) is 17.9 Å². The van der Waals surface area contributed by atoms with Gasteiger partial charge < -0.3 is 5.32 Å². The zero-order valence-corrected chi connectivity index (χ0v) is 19.2. The summed E-state index contributed by atoms with van der Waals surface area (Å²) in [5.41, 5.74) is 4.11. The van der Waals surface area contributed by atoms with Crippen molar-refractivity contribution in [1.82, 2.24) is 9.31 Å². The smallest absolute Gasteiger partial charge is 0.134 e. The van der Waals surface area contributed by atoms with E-state index in [-0.39, 0.29) is 0 Å². The first-order valence-electron chi connectivity index (χ1n) is 10.5. The molecule has 0 saturated heterocycles. The number of hydrazone groups is 1. The molecule has 2 aromatic carbocycles. The summed E-state index contributed by atoms with van der Waals surface area (Å²) in [6, 6.07) is 17.6. The van der Waals surface area contributed by atoms with Crippen molar-refractivity contribution in [3.8, 4) is 0 Å². The summed E-state index contributed by atoms with van der Waals surface area (Å²) in [5, 5.41) is 10.1. The first-order valence-corrected chi connectivity index (χ1v) is 11.6. The van der Waals surface area contributed by atoms with Gasteiger partial charge in [-0.25, -0.2) is 13.5 Å². The molecule has 1 heterocycles. The van der Waals surface area contributed by atoms with Crippen LogP contribution in [0.5, 0.6) is 0 Å². The van der Waals surface area contributed by atoms with Gasteiger partial charge in [0.25, 0.3) is 0 Å². The maximum absolute atomic E-state index is 12.3. The minimum Gasteiger partial charge on any atom is -0.340 e. The Bertz CT molecular complexity index is 1100. The Morgan fingerprint density at radius 3 is 2.47 bits per heavy atom. The second kappa shape index (κ2) is 9.67. The Hall–Kier alpha value is -2.97. The Morgan fingerprint density at radius 1 is 1.19 bits per heavy atom. The molecule has 8 heteroatoms. The van der Waals surface area contributed by atoms with E-state index in [0.717, 1.165) is 46.2 Å². The number of hydrogen-bond donors (Lipinski definition) is 1. The number of nitrogens with zero attached hydrogens (tertiary/aromatic N) is 4. The van der Waals surface area contributed by atoms with Gasteiger partial charge in [-0.2, -0.15) is 5.10 Å². The number of hydrogen-bond acceptors (Lipinski definition) is 5. The zero-order valence-electron chi connectivity index (χ0n) is 18.4. The quantitative estimate of drug-likeness (QED) is 0.500. The summed E-state index contributed by atoms with van der Waals surface area (Å²) >= 11 is 0. The van der Waals surface area contributed by atoms with Crippen LogP contribution in [0.4, 0.5) is 5.69 Å². The van der Waals surface area contributed by atoms with E-state index in [0.29, 0.717) is 18.1 Å². The molecule has 6 nitrogen and oxygen atoms in total. The maximum atomic E-state index is 12.3. The normalized spacial score (nSPS) is 17.6. The van der Waals surface area contributed by atoms with Crippen LogP contribution in [-0.2, 0) is 11.0 Å². The third-order valence-electron chi connectivity index (χ3n) is 5.18. The fourth-order valence-electron chi connectivity index (χ4n) is 3.35. The molecule has 1 fully saturated rings. The SMILES string of the molecule is [B]C(=C)/C(=N\N1CN=C(c2ccccc2)C=C1Nc1ccc(S(=O)N(C)C)cc1)C1CC1. The number of allylic oxidation sites excluding steroid dienone is 2. The maximum Gasteiger partial charge on any atom is 0.134 e. The molecule has 0 spiro atoms. The fraction of sp³-hybridized carbons (Fsp3) is 0.250. The number of benzene rings is 2. The van der Waals surface area contributed by atoms with E-state index in [1.54, 1.807) is 18.4 Å². The van der Waals surface area contributed by atoms with Gasteiger partial charge in [0.2, 0.25) is 0 Å². The van der Waals surface area contributed by atoms with Gasteiger partial charge >= 0.3 is 0 Å². The molecule has 1 aliphatic heterocycles. The van der Waals surface area contributed by atoms with Gasteiger partial charge in [0.05, 0.1) is 16.3 Å². The highest BCUT2D eigenvalue weighted by molar-refractivity contribution is 7.82. The highest BCUT2D eigenvalue weighted by Crippen LogP contribution is 2.33. The van der Waals surface area contributed by atoms with Crippen molar-refractivity contribution in [2.24, 2.45) is 16.0 Å². The zero-order chi connectivity index (χ0) is 22.7. The molecule has 0 aromatic heterocycles. The molecule has 0 amide bonds. The average molecular weight is 443 g/mol. The van der Waals surface area contributed by atoms with E-state index < -0.39 is 11.0 Å². The van der Waals surface area contributed by atoms with Crippen LogP contribution in [0.15, 0.2) is 93.5 Å². The molecule has 2 radical (unpaired) electrons. The van der Waals surface area contributed by atoms with Crippen molar-refractivity contribution in [2.75, 3.05) is 26.1 Å². The van der Waals surface area contributed by atoms with Crippen molar-refractivity contribution in [3.63, 3.8) is 0 Å². The molecule has 1 unspecified atom stereocenters. The van der Waals surface area contributed by atoms with Gasteiger partial charge in [0.1, 0.15) is 31.3 Å². The van der Waals surface area contributed by atoms with Crippen LogP contribution < -0.4 is 5.32 Å². The molecule has 1 N–H and O–H groups in total. The molecule has 2 aliphatic rings. The van der Waals surface area contributed by atoms with E-state index in [2.05, 4.69) is 11.9 Å². The average Bonchev–Trinajstić information content (AvgIpc) is 3.63. The molecule has 0 bridgehead atoms. The number of aliphatic imine (C=N–C) groups is 1. The minimum atomic E-state index is -1.18. The monoisotopic (exact) mass is 443 g/mol. The molecule has 162 valence electrons. The summed E-state index contributed by atoms with van der Waals surface area (Å²) in [4.78, 5) is 5.47. The van der Waals surface area contributed by atoms with Crippen molar-refractivity contribution >= 4 is 35.9 Å². The van der Waals surface area contributed by atoms with E-state index in [1.165, 1.54) is 0 Å². The Kier molecular flexibility index (Phi) is 6.72. The molecule has 1 atom stereocenters. The molecule has 1 aliphatic carbocycles. The first-order chi connectivity index (χ1) is 15.4. The van der Waals surface area contributed by atoms with Crippen molar-refractivity contribution in [2.45, 2.75) is 17.7 Å². The van der Waals surface area contributed by atoms with E-state index >= 15 is 0 Å². The molecule has 1 saturated carbocycles. The molecule has 4 rings (SSSR count). The third-order valence-corrected chi connectivity index (χ3v) is 6.52. The molecule has 2 aromatic rings. The van der Waals surface area contributed by atoms with Gasteiger partial charge in [-0.1, -0.05) is 35.8 Å². The van der Waals surface area contributed by atoms with Crippen LogP contribution >= 0.6 is 0 Å². The highest BCUT2D eigenvalue weighted by atomic mass is 32.2. The third kappa shape index (κ3) is 5.26. The summed E-state index contributed by atoms with van der Waals surface area (Å²) in [5.74, 6) is 1.16. The number of nitrogens with one attached hydrogen (secondary N) is 1. The van der Waals surface area contributed by atoms with Crippen LogP contribution in [0.25, 0.3) is 0 Å². The van der Waals surface area contributed by atoms with E-state index in [1.807, 2.05) is 65.7 Å². The van der Waals surface area contributed by atoms with Crippen LogP contribution in [-0.4, -0.2) is 53.6 Å². The molecule has 32 heavy (non-hydrogen) atoms. The Labute approximate surface area is 193 Å². The number of anilines is 1. The summed E-state index contributed by atoms with van der Waals surface area (Å²) in [6.07, 6.45) is 4.15. The highest BCUT2D eigenvalue weighted by Gasteiger charge is 2.29. The van der Waals surface area contributed by atoms with Gasteiger partial charge in [-0.15, -0.1) is 6.58 Å². The summed E-state index contributed by atoms with van der Waals surface area (Å²) in [7, 11) is 8.42. The molecular weight excluding hydrogens is 417 g/mol. The first kappa shape index (κ1) is 22.2. The number of rotatable bonds is 8. The lowest BCUT2D eigenvalue weighted by atomic mass is 9.90. The van der Waals surface area contributed by atoms with Crippen molar-refractivity contribution in [1.29, 1.82) is 0 Å². The summed E-state index contributed by atoms with van der Waals surface area (Å²) < 4.78 is 14.0. The predicted molar refractivity (Wildman–Crippen MR) is 133 cm³/mol. The van der Waals surface area contributed by atoms with Gasteiger partial charge in [0, 0.05) is 17.7 Å². The second-order valence-electron chi connectivity index (χ2n) is 7.98. The van der Waals surface area contributed by atoms with Gasteiger partial charge in [-0.05, 0) is 56.8 Å².